The number of rotatable bonds is 45. The molecule has 0 spiro atoms. The third-order valence-electron chi connectivity index (χ3n) is 10.8. The Bertz CT molecular complexity index is 780. The van der Waals surface area contributed by atoms with Crippen molar-refractivity contribution in [3.63, 3.8) is 0 Å². The van der Waals surface area contributed by atoms with Gasteiger partial charge >= 0.3 is 11.9 Å². The first-order chi connectivity index (χ1) is 26.6. The van der Waals surface area contributed by atoms with Crippen LogP contribution in [0.5, 0.6) is 0 Å². The molecule has 54 heavy (non-hydrogen) atoms. The van der Waals surface area contributed by atoms with E-state index < -0.39 is 6.10 Å². The van der Waals surface area contributed by atoms with Crippen molar-refractivity contribution in [2.75, 3.05) is 19.8 Å². The van der Waals surface area contributed by atoms with Gasteiger partial charge in [-0.15, -0.1) is 0 Å². The molecular weight excluding hydrogens is 669 g/mol. The third-order valence-corrected chi connectivity index (χ3v) is 10.8. The molecule has 0 aromatic heterocycles. The zero-order chi connectivity index (χ0) is 39.3. The van der Waals surface area contributed by atoms with E-state index >= 15 is 0 Å². The molecule has 0 aromatic rings. The van der Waals surface area contributed by atoms with Gasteiger partial charge in [-0.1, -0.05) is 219 Å². The van der Waals surface area contributed by atoms with Gasteiger partial charge in [0.2, 0.25) is 0 Å². The minimum atomic E-state index is -0.524. The first-order valence-corrected chi connectivity index (χ1v) is 24.2. The summed E-state index contributed by atoms with van der Waals surface area (Å²) in [7, 11) is 0. The zero-order valence-corrected chi connectivity index (χ0v) is 36.8. The summed E-state index contributed by atoms with van der Waals surface area (Å²) in [5, 5.41) is 0. The zero-order valence-electron chi connectivity index (χ0n) is 36.8. The summed E-state index contributed by atoms with van der Waals surface area (Å²) in [5.41, 5.74) is 0. The number of allylic oxidation sites excluding steroid dienone is 2. The van der Waals surface area contributed by atoms with E-state index in [-0.39, 0.29) is 18.5 Å². The topological polar surface area (TPSA) is 61.8 Å². The molecule has 5 nitrogen and oxygen atoms in total. The smallest absolute Gasteiger partial charge is 0.306 e. The Morgan fingerprint density at radius 1 is 0.389 bits per heavy atom. The van der Waals surface area contributed by atoms with Crippen LogP contribution in [0, 0.1) is 0 Å². The standard InChI is InChI=1S/C49H94O5/c1-4-7-10-13-16-18-20-22-23-24-25-26-27-28-29-31-34-36-39-42-48(50)53-46-47(54-49(51)43-40-37-33-15-12-9-6-3)45-52-44-41-38-35-32-30-21-19-17-14-11-8-5-2/h22-23,47H,4-21,24-46H2,1-3H3/b23-22-. The average Bonchev–Trinajstić information content (AvgIpc) is 3.17. The highest BCUT2D eigenvalue weighted by Crippen LogP contribution is 2.15. The van der Waals surface area contributed by atoms with E-state index in [2.05, 4.69) is 32.9 Å². The minimum absolute atomic E-state index is 0.0922. The van der Waals surface area contributed by atoms with Gasteiger partial charge in [-0.3, -0.25) is 9.59 Å². The van der Waals surface area contributed by atoms with Crippen molar-refractivity contribution < 1.29 is 23.8 Å². The quantitative estimate of drug-likeness (QED) is 0.0351. The molecule has 0 heterocycles. The lowest BCUT2D eigenvalue weighted by molar-refractivity contribution is -0.163. The second-order valence-corrected chi connectivity index (χ2v) is 16.4. The fourth-order valence-electron chi connectivity index (χ4n) is 7.15. The molecule has 0 aliphatic heterocycles. The first kappa shape index (κ1) is 52.6. The lowest BCUT2D eigenvalue weighted by Gasteiger charge is -2.18. The lowest BCUT2D eigenvalue weighted by atomic mass is 10.1. The van der Waals surface area contributed by atoms with Crippen molar-refractivity contribution in [3.8, 4) is 0 Å². The van der Waals surface area contributed by atoms with Crippen molar-refractivity contribution in [3.05, 3.63) is 12.2 Å². The fourth-order valence-corrected chi connectivity index (χ4v) is 7.15. The van der Waals surface area contributed by atoms with E-state index in [9.17, 15) is 9.59 Å². The highest BCUT2D eigenvalue weighted by atomic mass is 16.6. The maximum atomic E-state index is 12.6. The molecule has 0 radical (unpaired) electrons. The molecule has 0 rings (SSSR count). The van der Waals surface area contributed by atoms with E-state index in [0.717, 1.165) is 32.1 Å². The number of ether oxygens (including phenoxy) is 3. The van der Waals surface area contributed by atoms with Gasteiger partial charge in [0.05, 0.1) is 6.61 Å². The number of carbonyl (C=O) groups excluding carboxylic acids is 2. The Morgan fingerprint density at radius 3 is 1.13 bits per heavy atom. The van der Waals surface area contributed by atoms with Gasteiger partial charge in [-0.25, -0.2) is 0 Å². The van der Waals surface area contributed by atoms with Crippen molar-refractivity contribution >= 4 is 11.9 Å². The van der Waals surface area contributed by atoms with Gasteiger partial charge < -0.3 is 14.2 Å². The Morgan fingerprint density at radius 2 is 0.722 bits per heavy atom. The molecule has 0 saturated heterocycles. The molecule has 5 heteroatoms. The predicted octanol–water partition coefficient (Wildman–Crippen LogP) is 15.9. The van der Waals surface area contributed by atoms with Crippen LogP contribution in [0.4, 0.5) is 0 Å². The summed E-state index contributed by atoms with van der Waals surface area (Å²) in [6.07, 6.45) is 50.8. The van der Waals surface area contributed by atoms with E-state index in [1.165, 1.54) is 199 Å². The van der Waals surface area contributed by atoms with E-state index in [4.69, 9.17) is 14.2 Å². The maximum absolute atomic E-state index is 12.6. The van der Waals surface area contributed by atoms with Gasteiger partial charge in [0, 0.05) is 19.4 Å². The van der Waals surface area contributed by atoms with Crippen LogP contribution >= 0.6 is 0 Å². The van der Waals surface area contributed by atoms with Crippen LogP contribution in [0.3, 0.4) is 0 Å². The van der Waals surface area contributed by atoms with Gasteiger partial charge in [-0.2, -0.15) is 0 Å². The second kappa shape index (κ2) is 46.0. The molecule has 0 fully saturated rings. The molecule has 0 aliphatic carbocycles. The molecule has 1 atom stereocenters. The predicted molar refractivity (Wildman–Crippen MR) is 233 cm³/mol. The van der Waals surface area contributed by atoms with E-state index in [1.54, 1.807) is 0 Å². The number of hydrogen-bond acceptors (Lipinski definition) is 5. The van der Waals surface area contributed by atoms with Gasteiger partial charge in [0.15, 0.2) is 6.10 Å². The Balaban J connectivity index is 4.05. The highest BCUT2D eigenvalue weighted by molar-refractivity contribution is 5.70. The van der Waals surface area contributed by atoms with Crippen LogP contribution in [0.25, 0.3) is 0 Å². The fraction of sp³-hybridized carbons (Fsp3) is 0.918. The number of esters is 2. The van der Waals surface area contributed by atoms with Crippen LogP contribution in [-0.2, 0) is 23.8 Å². The molecule has 0 amide bonds. The van der Waals surface area contributed by atoms with Crippen molar-refractivity contribution in [1.29, 1.82) is 0 Å². The summed E-state index contributed by atoms with van der Waals surface area (Å²) in [6.45, 7) is 7.83. The van der Waals surface area contributed by atoms with Crippen molar-refractivity contribution in [1.82, 2.24) is 0 Å². The van der Waals surface area contributed by atoms with Gasteiger partial charge in [-0.05, 0) is 44.9 Å². The maximum Gasteiger partial charge on any atom is 0.306 e. The molecule has 0 aromatic carbocycles. The SMILES string of the molecule is CCCCCCCC/C=C\CCCCCCCCCCCC(=O)OCC(COCCCCCCCCCCCCCC)OC(=O)CCCCCCCCC. The Hall–Kier alpha value is -1.36. The monoisotopic (exact) mass is 763 g/mol. The van der Waals surface area contributed by atoms with Gasteiger partial charge in [0.1, 0.15) is 6.61 Å². The number of hydrogen-bond donors (Lipinski definition) is 0. The van der Waals surface area contributed by atoms with E-state index in [0.29, 0.717) is 26.1 Å². The van der Waals surface area contributed by atoms with Crippen molar-refractivity contribution in [2.24, 2.45) is 0 Å². The highest BCUT2D eigenvalue weighted by Gasteiger charge is 2.17. The van der Waals surface area contributed by atoms with E-state index in [1.807, 2.05) is 0 Å². The molecule has 0 N–H and O–H groups in total. The van der Waals surface area contributed by atoms with Crippen LogP contribution in [0.1, 0.15) is 265 Å². The van der Waals surface area contributed by atoms with Crippen LogP contribution < -0.4 is 0 Å². The van der Waals surface area contributed by atoms with Crippen LogP contribution in [0.15, 0.2) is 12.2 Å². The summed E-state index contributed by atoms with van der Waals surface area (Å²) in [6, 6.07) is 0. The molecule has 0 saturated carbocycles. The third kappa shape index (κ3) is 43.4. The lowest BCUT2D eigenvalue weighted by Crippen LogP contribution is -2.30. The number of unbranched alkanes of at least 4 members (excludes halogenated alkanes) is 32. The summed E-state index contributed by atoms with van der Waals surface area (Å²) in [4.78, 5) is 25.1. The summed E-state index contributed by atoms with van der Waals surface area (Å²) >= 11 is 0. The average molecular weight is 763 g/mol. The number of carbonyl (C=O) groups is 2. The molecule has 0 bridgehead atoms. The molecule has 320 valence electrons. The largest absolute Gasteiger partial charge is 0.462 e. The Labute approximate surface area is 337 Å². The Kier molecular flexibility index (Phi) is 44.9. The van der Waals surface area contributed by atoms with Crippen molar-refractivity contribution in [2.45, 2.75) is 271 Å². The van der Waals surface area contributed by atoms with Gasteiger partial charge in [0.25, 0.3) is 0 Å². The van der Waals surface area contributed by atoms with Crippen LogP contribution in [-0.4, -0.2) is 37.9 Å². The molecule has 1 unspecified atom stereocenters. The summed E-state index contributed by atoms with van der Waals surface area (Å²) < 4.78 is 17.3. The normalized spacial score (nSPS) is 12.1. The second-order valence-electron chi connectivity index (χ2n) is 16.4. The first-order valence-electron chi connectivity index (χ1n) is 24.2. The summed E-state index contributed by atoms with van der Waals surface area (Å²) in [5.74, 6) is -0.390. The minimum Gasteiger partial charge on any atom is -0.462 e. The molecule has 0 aliphatic rings. The molecular formula is C49H94O5. The van der Waals surface area contributed by atoms with Crippen LogP contribution in [0.2, 0.25) is 0 Å².